The van der Waals surface area contributed by atoms with Crippen LogP contribution in [-0.2, 0) is 4.79 Å². The fraction of sp³-hybridized carbons (Fsp3) is 0. The van der Waals surface area contributed by atoms with Gasteiger partial charge in [0.1, 0.15) is 17.2 Å². The van der Waals surface area contributed by atoms with E-state index in [-0.39, 0.29) is 5.69 Å². The molecule has 2 amide bonds. The van der Waals surface area contributed by atoms with E-state index in [1.165, 1.54) is 24.4 Å². The van der Waals surface area contributed by atoms with Gasteiger partial charge < -0.3 is 4.74 Å². The van der Waals surface area contributed by atoms with Crippen molar-refractivity contribution in [2.45, 2.75) is 0 Å². The van der Waals surface area contributed by atoms with E-state index in [0.717, 1.165) is 0 Å². The van der Waals surface area contributed by atoms with Crippen LogP contribution in [0.2, 0.25) is 0 Å². The van der Waals surface area contributed by atoms with Crippen LogP contribution in [0.4, 0.5) is 0 Å². The van der Waals surface area contributed by atoms with Gasteiger partial charge in [0.05, 0.1) is 11.6 Å². The van der Waals surface area contributed by atoms with Gasteiger partial charge in [-0.3, -0.25) is 25.4 Å². The van der Waals surface area contributed by atoms with Gasteiger partial charge in [-0.15, -0.1) is 0 Å². The maximum Gasteiger partial charge on any atom is 0.288 e. The van der Waals surface area contributed by atoms with Crippen LogP contribution < -0.4 is 15.6 Å². The van der Waals surface area contributed by atoms with Gasteiger partial charge in [-0.1, -0.05) is 30.3 Å². The summed E-state index contributed by atoms with van der Waals surface area (Å²) in [5.74, 6) is -0.0435. The second kappa shape index (κ2) is 9.48. The molecule has 0 atom stereocenters. The molecule has 2 N–H and O–H groups in total. The summed E-state index contributed by atoms with van der Waals surface area (Å²) in [5.41, 5.74) is 5.84. The molecule has 0 unspecified atom stereocenters. The fourth-order valence-corrected chi connectivity index (χ4v) is 2.33. The van der Waals surface area contributed by atoms with Crippen molar-refractivity contribution < 1.29 is 14.3 Å². The highest BCUT2D eigenvalue weighted by atomic mass is 16.5. The molecule has 2 aromatic carbocycles. The summed E-state index contributed by atoms with van der Waals surface area (Å²) in [5, 5.41) is 8.88. The van der Waals surface area contributed by atoms with Crippen molar-refractivity contribution in [3.05, 3.63) is 95.8 Å². The zero-order valence-corrected chi connectivity index (χ0v) is 15.2. The Bertz CT molecular complexity index is 1090. The third kappa shape index (κ3) is 5.77. The summed E-state index contributed by atoms with van der Waals surface area (Å²) >= 11 is 0. The summed E-state index contributed by atoms with van der Waals surface area (Å²) in [6.07, 6.45) is 4.23. The molecular weight excluding hydrogens is 368 g/mol. The molecule has 0 radical (unpaired) electrons. The molecule has 0 aliphatic heterocycles. The minimum absolute atomic E-state index is 0.0874. The molecule has 0 fully saturated rings. The summed E-state index contributed by atoms with van der Waals surface area (Å²) in [7, 11) is 0. The second-order valence-corrected chi connectivity index (χ2v) is 5.81. The van der Waals surface area contributed by atoms with Gasteiger partial charge in [0.25, 0.3) is 11.8 Å². The average Bonchev–Trinajstić information content (AvgIpc) is 2.77. The summed E-state index contributed by atoms with van der Waals surface area (Å²) in [4.78, 5) is 28.1. The molecule has 0 aliphatic rings. The number of amides is 2. The molecule has 0 spiro atoms. The van der Waals surface area contributed by atoms with Crippen LogP contribution in [0, 0.1) is 11.3 Å². The lowest BCUT2D eigenvalue weighted by molar-refractivity contribution is -0.117. The number of nitrogens with one attached hydrogen (secondary N) is 2. The molecule has 0 bridgehead atoms. The lowest BCUT2D eigenvalue weighted by Gasteiger charge is -2.08. The zero-order chi connectivity index (χ0) is 20.5. The van der Waals surface area contributed by atoms with E-state index in [4.69, 9.17) is 10.00 Å². The van der Waals surface area contributed by atoms with Crippen molar-refractivity contribution in [2.75, 3.05) is 0 Å². The standard InChI is InChI=1S/C22H16N4O3/c23-15-17-6-4-5-16(13-17)9-10-21(27)25-26-22(28)20-14-19(11-12-24-20)29-18-7-2-1-3-8-18/h1-14H,(H,25,27)(H,26,28). The molecular formula is C22H16N4O3. The van der Waals surface area contributed by atoms with Crippen LogP contribution in [-0.4, -0.2) is 16.8 Å². The van der Waals surface area contributed by atoms with E-state index in [1.807, 2.05) is 24.3 Å². The van der Waals surface area contributed by atoms with Gasteiger partial charge in [-0.05, 0) is 42.0 Å². The molecule has 3 aromatic rings. The van der Waals surface area contributed by atoms with Gasteiger partial charge in [0.2, 0.25) is 0 Å². The number of ether oxygens (including phenoxy) is 1. The van der Waals surface area contributed by atoms with Crippen molar-refractivity contribution >= 4 is 17.9 Å². The van der Waals surface area contributed by atoms with Crippen molar-refractivity contribution in [1.29, 1.82) is 5.26 Å². The molecule has 0 aliphatic carbocycles. The molecule has 1 heterocycles. The topological polar surface area (TPSA) is 104 Å². The smallest absolute Gasteiger partial charge is 0.288 e. The van der Waals surface area contributed by atoms with Crippen LogP contribution >= 0.6 is 0 Å². The fourth-order valence-electron chi connectivity index (χ4n) is 2.33. The SMILES string of the molecule is N#Cc1cccc(C=CC(=O)NNC(=O)c2cc(Oc3ccccc3)ccn2)c1. The van der Waals surface area contributed by atoms with Crippen LogP contribution in [0.25, 0.3) is 6.08 Å². The van der Waals surface area contributed by atoms with E-state index >= 15 is 0 Å². The zero-order valence-electron chi connectivity index (χ0n) is 15.2. The molecule has 29 heavy (non-hydrogen) atoms. The lowest BCUT2D eigenvalue weighted by atomic mass is 10.1. The molecule has 3 rings (SSSR count). The van der Waals surface area contributed by atoms with E-state index in [2.05, 4.69) is 15.8 Å². The number of aromatic nitrogens is 1. The molecule has 0 saturated carbocycles. The highest BCUT2D eigenvalue weighted by Crippen LogP contribution is 2.20. The first-order valence-electron chi connectivity index (χ1n) is 8.61. The number of nitriles is 1. The van der Waals surface area contributed by atoms with E-state index in [1.54, 1.807) is 42.5 Å². The predicted octanol–water partition coefficient (Wildman–Crippen LogP) is 3.22. The van der Waals surface area contributed by atoms with Gasteiger partial charge in [-0.25, -0.2) is 0 Å². The Labute approximate surface area is 167 Å². The number of pyridine rings is 1. The van der Waals surface area contributed by atoms with Crippen molar-refractivity contribution in [2.24, 2.45) is 0 Å². The number of hydrogen-bond acceptors (Lipinski definition) is 5. The first-order valence-corrected chi connectivity index (χ1v) is 8.61. The third-order valence-corrected chi connectivity index (χ3v) is 3.69. The molecule has 142 valence electrons. The Morgan fingerprint density at radius 1 is 0.966 bits per heavy atom. The average molecular weight is 384 g/mol. The van der Waals surface area contributed by atoms with Gasteiger partial charge in [0.15, 0.2) is 0 Å². The highest BCUT2D eigenvalue weighted by molar-refractivity contribution is 5.97. The highest BCUT2D eigenvalue weighted by Gasteiger charge is 2.09. The van der Waals surface area contributed by atoms with Gasteiger partial charge in [0, 0.05) is 18.3 Å². The third-order valence-electron chi connectivity index (χ3n) is 3.69. The van der Waals surface area contributed by atoms with Crippen LogP contribution in [0.5, 0.6) is 11.5 Å². The first-order chi connectivity index (χ1) is 14.1. The quantitative estimate of drug-likeness (QED) is 0.519. The maximum atomic E-state index is 12.2. The lowest BCUT2D eigenvalue weighted by Crippen LogP contribution is -2.41. The Kier molecular flexibility index (Phi) is 6.32. The Balaban J connectivity index is 1.56. The van der Waals surface area contributed by atoms with Gasteiger partial charge >= 0.3 is 0 Å². The van der Waals surface area contributed by atoms with Crippen LogP contribution in [0.15, 0.2) is 79.0 Å². The molecule has 1 aromatic heterocycles. The monoisotopic (exact) mass is 384 g/mol. The predicted molar refractivity (Wildman–Crippen MR) is 107 cm³/mol. The number of rotatable bonds is 5. The number of carbonyl (C=O) groups excluding carboxylic acids is 2. The number of hydrogen-bond donors (Lipinski definition) is 2. The Morgan fingerprint density at radius 3 is 2.59 bits per heavy atom. The summed E-state index contributed by atoms with van der Waals surface area (Å²) in [6, 6.07) is 21.0. The first kappa shape index (κ1) is 19.3. The normalized spacial score (nSPS) is 10.2. The number of hydrazine groups is 1. The van der Waals surface area contributed by atoms with Gasteiger partial charge in [-0.2, -0.15) is 5.26 Å². The van der Waals surface area contributed by atoms with E-state index in [9.17, 15) is 9.59 Å². The van der Waals surface area contributed by atoms with Crippen molar-refractivity contribution in [1.82, 2.24) is 15.8 Å². The van der Waals surface area contributed by atoms with Crippen LogP contribution in [0.1, 0.15) is 21.6 Å². The maximum absolute atomic E-state index is 12.2. The minimum Gasteiger partial charge on any atom is -0.457 e. The number of carbonyl (C=O) groups is 2. The van der Waals surface area contributed by atoms with E-state index < -0.39 is 11.8 Å². The van der Waals surface area contributed by atoms with Crippen molar-refractivity contribution in [3.8, 4) is 17.6 Å². The number of para-hydroxylation sites is 1. The van der Waals surface area contributed by atoms with Crippen LogP contribution in [0.3, 0.4) is 0 Å². The van der Waals surface area contributed by atoms with Crippen molar-refractivity contribution in [3.63, 3.8) is 0 Å². The Hall–Kier alpha value is -4.44. The summed E-state index contributed by atoms with van der Waals surface area (Å²) < 4.78 is 5.66. The number of nitrogens with zero attached hydrogens (tertiary/aromatic N) is 2. The number of benzene rings is 2. The minimum atomic E-state index is -0.586. The summed E-state index contributed by atoms with van der Waals surface area (Å²) in [6.45, 7) is 0. The molecule has 7 nitrogen and oxygen atoms in total. The second-order valence-electron chi connectivity index (χ2n) is 5.81. The largest absolute Gasteiger partial charge is 0.457 e. The molecule has 0 saturated heterocycles. The Morgan fingerprint density at radius 2 is 1.79 bits per heavy atom. The molecule has 7 heteroatoms. The van der Waals surface area contributed by atoms with E-state index in [0.29, 0.717) is 22.6 Å².